The van der Waals surface area contributed by atoms with Gasteiger partial charge in [-0.25, -0.2) is 4.79 Å². The number of aromatic carboxylic acids is 1. The second-order valence-corrected chi connectivity index (χ2v) is 5.10. The summed E-state index contributed by atoms with van der Waals surface area (Å²) in [7, 11) is 1.24. The molecule has 132 valence electrons. The van der Waals surface area contributed by atoms with Crippen molar-refractivity contribution in [2.75, 3.05) is 12.4 Å². The van der Waals surface area contributed by atoms with Crippen molar-refractivity contribution in [3.63, 3.8) is 0 Å². The van der Waals surface area contributed by atoms with E-state index >= 15 is 0 Å². The highest BCUT2D eigenvalue weighted by atomic mass is 19.4. The Hall–Kier alpha value is -3.03. The molecular weight excluding hydrogens is 339 g/mol. The van der Waals surface area contributed by atoms with Crippen molar-refractivity contribution in [2.45, 2.75) is 12.6 Å². The first-order valence-electron chi connectivity index (χ1n) is 7.08. The number of anilines is 1. The molecule has 0 unspecified atom stereocenters. The minimum atomic E-state index is -4.65. The maximum atomic E-state index is 13.1. The van der Waals surface area contributed by atoms with Crippen molar-refractivity contribution >= 4 is 17.6 Å². The Kier molecular flexibility index (Phi) is 5.31. The Morgan fingerprint density at radius 1 is 1.16 bits per heavy atom. The van der Waals surface area contributed by atoms with Crippen molar-refractivity contribution in [1.29, 1.82) is 0 Å². The molecule has 0 heterocycles. The average molecular weight is 353 g/mol. The summed E-state index contributed by atoms with van der Waals surface area (Å²) in [6, 6.07) is 8.93. The number of para-hydroxylation sites is 1. The van der Waals surface area contributed by atoms with Gasteiger partial charge >= 0.3 is 12.1 Å². The highest BCUT2D eigenvalue weighted by Gasteiger charge is 2.34. The number of carbonyl (C=O) groups excluding carboxylic acids is 1. The molecule has 2 aromatic rings. The lowest BCUT2D eigenvalue weighted by molar-refractivity contribution is -0.138. The van der Waals surface area contributed by atoms with Crippen molar-refractivity contribution < 1.29 is 32.6 Å². The normalized spacial score (nSPS) is 11.0. The van der Waals surface area contributed by atoms with E-state index in [0.717, 1.165) is 12.1 Å². The van der Waals surface area contributed by atoms with Gasteiger partial charge < -0.3 is 15.2 Å². The smallest absolute Gasteiger partial charge is 0.416 e. The fourth-order valence-electron chi connectivity index (χ4n) is 2.25. The largest absolute Gasteiger partial charge is 0.497 e. The summed E-state index contributed by atoms with van der Waals surface area (Å²) in [6.45, 7) is 0. The van der Waals surface area contributed by atoms with Gasteiger partial charge in [-0.05, 0) is 29.8 Å². The maximum Gasteiger partial charge on any atom is 0.416 e. The summed E-state index contributed by atoms with van der Waals surface area (Å²) in [5.74, 6) is -1.99. The van der Waals surface area contributed by atoms with Gasteiger partial charge in [0.15, 0.2) is 0 Å². The molecule has 2 N–H and O–H groups in total. The van der Waals surface area contributed by atoms with Crippen LogP contribution < -0.4 is 10.1 Å². The van der Waals surface area contributed by atoms with Gasteiger partial charge in [0.2, 0.25) is 5.91 Å². The standard InChI is InChI=1S/C17H14F3NO4/c1-25-11-7-6-10(13(9-11)17(18,19)20)8-15(22)21-14-5-3-2-4-12(14)16(23)24/h2-7,9H,8H2,1H3,(H,21,22)(H,23,24). The molecule has 25 heavy (non-hydrogen) atoms. The average Bonchev–Trinajstić information content (AvgIpc) is 2.54. The van der Waals surface area contributed by atoms with Crippen LogP contribution >= 0.6 is 0 Å². The van der Waals surface area contributed by atoms with E-state index in [9.17, 15) is 22.8 Å². The highest BCUT2D eigenvalue weighted by Crippen LogP contribution is 2.34. The zero-order valence-electron chi connectivity index (χ0n) is 13.1. The number of carboxylic acids is 1. The van der Waals surface area contributed by atoms with E-state index in [-0.39, 0.29) is 22.6 Å². The quantitative estimate of drug-likeness (QED) is 0.861. The zero-order chi connectivity index (χ0) is 18.6. The van der Waals surface area contributed by atoms with Crippen LogP contribution in [0.1, 0.15) is 21.5 Å². The molecule has 0 bridgehead atoms. The lowest BCUT2D eigenvalue weighted by Gasteiger charge is -2.14. The van der Waals surface area contributed by atoms with Gasteiger partial charge in [-0.1, -0.05) is 18.2 Å². The molecule has 0 saturated carbocycles. The molecule has 0 aromatic heterocycles. The fraction of sp³-hybridized carbons (Fsp3) is 0.176. The summed E-state index contributed by atoms with van der Waals surface area (Å²) in [5.41, 5.74) is -1.35. The Bertz CT molecular complexity index is 803. The van der Waals surface area contributed by atoms with Crippen LogP contribution in [0.3, 0.4) is 0 Å². The molecule has 0 spiro atoms. The van der Waals surface area contributed by atoms with Crippen molar-refractivity contribution in [3.05, 3.63) is 59.2 Å². The van der Waals surface area contributed by atoms with E-state index < -0.39 is 30.0 Å². The number of carboxylic acid groups (broad SMARTS) is 1. The maximum absolute atomic E-state index is 13.1. The molecule has 0 radical (unpaired) electrons. The van der Waals surface area contributed by atoms with Gasteiger partial charge in [-0.2, -0.15) is 13.2 Å². The molecule has 0 fully saturated rings. The SMILES string of the molecule is COc1ccc(CC(=O)Nc2ccccc2C(=O)O)c(C(F)(F)F)c1. The molecule has 8 heteroatoms. The highest BCUT2D eigenvalue weighted by molar-refractivity contribution is 6.01. The summed E-state index contributed by atoms with van der Waals surface area (Å²) in [6.07, 6.45) is -5.21. The summed E-state index contributed by atoms with van der Waals surface area (Å²) in [4.78, 5) is 23.2. The van der Waals surface area contributed by atoms with Crippen LogP contribution in [0, 0.1) is 0 Å². The number of benzene rings is 2. The first kappa shape index (κ1) is 18.3. The lowest BCUT2D eigenvalue weighted by Crippen LogP contribution is -2.19. The molecule has 1 amide bonds. The first-order chi connectivity index (χ1) is 11.7. The molecule has 5 nitrogen and oxygen atoms in total. The Balaban J connectivity index is 2.26. The lowest BCUT2D eigenvalue weighted by atomic mass is 10.0. The van der Waals surface area contributed by atoms with Crippen LogP contribution in [0.2, 0.25) is 0 Å². The first-order valence-corrected chi connectivity index (χ1v) is 7.08. The monoisotopic (exact) mass is 353 g/mol. The van der Waals surface area contributed by atoms with E-state index in [1.165, 1.54) is 37.4 Å². The van der Waals surface area contributed by atoms with Crippen molar-refractivity contribution in [3.8, 4) is 5.75 Å². The minimum Gasteiger partial charge on any atom is -0.497 e. The van der Waals surface area contributed by atoms with E-state index in [1.54, 1.807) is 0 Å². The number of nitrogens with one attached hydrogen (secondary N) is 1. The van der Waals surface area contributed by atoms with E-state index in [1.807, 2.05) is 0 Å². The number of halogens is 3. The van der Waals surface area contributed by atoms with E-state index in [2.05, 4.69) is 5.32 Å². The third-order valence-electron chi connectivity index (χ3n) is 3.41. The van der Waals surface area contributed by atoms with Crippen LogP contribution in [0.15, 0.2) is 42.5 Å². The number of alkyl halides is 3. The topological polar surface area (TPSA) is 75.6 Å². The van der Waals surface area contributed by atoms with Gasteiger partial charge in [-0.15, -0.1) is 0 Å². The number of hydrogen-bond acceptors (Lipinski definition) is 3. The van der Waals surface area contributed by atoms with Gasteiger partial charge in [-0.3, -0.25) is 4.79 Å². The number of ether oxygens (including phenoxy) is 1. The van der Waals surface area contributed by atoms with Crippen LogP contribution in [0.25, 0.3) is 0 Å². The number of carbonyl (C=O) groups is 2. The molecule has 0 aliphatic heterocycles. The number of rotatable bonds is 5. The summed E-state index contributed by atoms with van der Waals surface area (Å²) < 4.78 is 44.2. The van der Waals surface area contributed by atoms with Crippen LogP contribution in [0.4, 0.5) is 18.9 Å². The molecule has 0 saturated heterocycles. The molecule has 0 aliphatic carbocycles. The summed E-state index contributed by atoms with van der Waals surface area (Å²) in [5, 5.41) is 11.4. The van der Waals surface area contributed by atoms with Gasteiger partial charge in [0.1, 0.15) is 5.75 Å². The third kappa shape index (κ3) is 4.50. The molecule has 0 atom stereocenters. The van der Waals surface area contributed by atoms with Crippen LogP contribution in [-0.2, 0) is 17.4 Å². The predicted molar refractivity (Wildman–Crippen MR) is 83.7 cm³/mol. The Labute approximate surface area is 141 Å². The van der Waals surface area contributed by atoms with E-state index in [4.69, 9.17) is 9.84 Å². The Morgan fingerprint density at radius 2 is 1.84 bits per heavy atom. The zero-order valence-corrected chi connectivity index (χ0v) is 13.1. The minimum absolute atomic E-state index is 0.0158. The van der Waals surface area contributed by atoms with Gasteiger partial charge in [0, 0.05) is 0 Å². The fourth-order valence-corrected chi connectivity index (χ4v) is 2.25. The summed E-state index contributed by atoms with van der Waals surface area (Å²) >= 11 is 0. The van der Waals surface area contributed by atoms with Crippen molar-refractivity contribution in [1.82, 2.24) is 0 Å². The molecule has 0 aliphatic rings. The molecular formula is C17H14F3NO4. The Morgan fingerprint density at radius 3 is 2.44 bits per heavy atom. The number of amides is 1. The van der Waals surface area contributed by atoms with Gasteiger partial charge in [0.05, 0.1) is 30.3 Å². The number of hydrogen-bond donors (Lipinski definition) is 2. The second-order valence-electron chi connectivity index (χ2n) is 5.10. The third-order valence-corrected chi connectivity index (χ3v) is 3.41. The van der Waals surface area contributed by atoms with Crippen LogP contribution in [-0.4, -0.2) is 24.1 Å². The predicted octanol–water partition coefficient (Wildman–Crippen LogP) is 3.59. The molecule has 2 rings (SSSR count). The van der Waals surface area contributed by atoms with Crippen LogP contribution in [0.5, 0.6) is 5.75 Å². The number of methoxy groups -OCH3 is 1. The molecule has 2 aromatic carbocycles. The van der Waals surface area contributed by atoms with Gasteiger partial charge in [0.25, 0.3) is 0 Å². The second kappa shape index (κ2) is 7.25. The van der Waals surface area contributed by atoms with Crippen molar-refractivity contribution in [2.24, 2.45) is 0 Å². The van der Waals surface area contributed by atoms with E-state index in [0.29, 0.717) is 0 Å².